The second-order valence-corrected chi connectivity index (χ2v) is 6.53. The Morgan fingerprint density at radius 1 is 1.29 bits per heavy atom. The molecular formula is C15H25BClNO3. The number of hydrogen-bond acceptors (Lipinski definition) is 4. The lowest BCUT2D eigenvalue weighted by Crippen LogP contribution is -2.53. The molecule has 1 aromatic rings. The molecule has 0 aromatic heterocycles. The quantitative estimate of drug-likeness (QED) is 0.671. The number of nitrogens with one attached hydrogen (secondary N) is 1. The molecule has 0 unspecified atom stereocenters. The van der Waals surface area contributed by atoms with Gasteiger partial charge < -0.3 is 20.1 Å². The van der Waals surface area contributed by atoms with E-state index in [1.54, 1.807) is 45.9 Å². The van der Waals surface area contributed by atoms with Gasteiger partial charge in [0.25, 0.3) is 0 Å². The first-order chi connectivity index (χ1) is 9.60. The predicted octanol–water partition coefficient (Wildman–Crippen LogP) is 1.70. The molecule has 1 aromatic carbocycles. The Labute approximate surface area is 132 Å². The molecule has 0 radical (unpaired) electrons. The monoisotopic (exact) mass is 313 g/mol. The molecule has 0 saturated carbocycles. The average Bonchev–Trinajstić information content (AvgIpc) is 2.35. The largest absolute Gasteiger partial charge is 0.492 e. The van der Waals surface area contributed by atoms with E-state index in [0.29, 0.717) is 17.0 Å². The van der Waals surface area contributed by atoms with E-state index in [0.717, 1.165) is 12.1 Å². The van der Waals surface area contributed by atoms with E-state index in [2.05, 4.69) is 5.32 Å². The minimum atomic E-state index is -1.15. The van der Waals surface area contributed by atoms with Crippen molar-refractivity contribution >= 4 is 24.2 Å². The van der Waals surface area contributed by atoms with Crippen molar-refractivity contribution in [3.8, 4) is 0 Å². The van der Waals surface area contributed by atoms with E-state index in [9.17, 15) is 10.1 Å². The van der Waals surface area contributed by atoms with Crippen molar-refractivity contribution in [1.29, 1.82) is 0 Å². The standard InChI is InChI=1S/C15H25BClNO3/c1-6-18-10-11-12(8-7-9-13(11)17)16(20)21-15(4,5)14(2,3)19/h7-9,18-20H,6,10H2,1-5H3. The Morgan fingerprint density at radius 2 is 1.90 bits per heavy atom. The van der Waals surface area contributed by atoms with Crippen LogP contribution in [0.1, 0.15) is 40.2 Å². The highest BCUT2D eigenvalue weighted by Gasteiger charge is 2.40. The van der Waals surface area contributed by atoms with Crippen molar-refractivity contribution < 1.29 is 14.8 Å². The van der Waals surface area contributed by atoms with Crippen LogP contribution in [0.5, 0.6) is 0 Å². The topological polar surface area (TPSA) is 61.7 Å². The van der Waals surface area contributed by atoms with E-state index < -0.39 is 18.3 Å². The highest BCUT2D eigenvalue weighted by atomic mass is 35.5. The molecule has 3 N–H and O–H groups in total. The van der Waals surface area contributed by atoms with Crippen molar-refractivity contribution in [1.82, 2.24) is 5.32 Å². The molecule has 0 bridgehead atoms. The zero-order chi connectivity index (χ0) is 16.3. The second kappa shape index (κ2) is 7.12. The maximum absolute atomic E-state index is 10.4. The van der Waals surface area contributed by atoms with Gasteiger partial charge in [-0.15, -0.1) is 0 Å². The van der Waals surface area contributed by atoms with Crippen LogP contribution in [0.3, 0.4) is 0 Å². The summed E-state index contributed by atoms with van der Waals surface area (Å²) in [4.78, 5) is 0. The third kappa shape index (κ3) is 4.69. The van der Waals surface area contributed by atoms with Gasteiger partial charge in [-0.1, -0.05) is 30.7 Å². The minimum Gasteiger partial charge on any atom is -0.423 e. The minimum absolute atomic E-state index is 0.550. The summed E-state index contributed by atoms with van der Waals surface area (Å²) in [6, 6.07) is 5.34. The number of halogens is 1. The first-order valence-electron chi connectivity index (χ1n) is 7.16. The molecule has 0 saturated heterocycles. The van der Waals surface area contributed by atoms with Crippen molar-refractivity contribution in [2.45, 2.75) is 52.4 Å². The molecule has 118 valence electrons. The molecule has 0 spiro atoms. The van der Waals surface area contributed by atoms with Crippen LogP contribution in [-0.2, 0) is 11.2 Å². The molecule has 0 amide bonds. The lowest BCUT2D eigenvalue weighted by atomic mass is 9.74. The van der Waals surface area contributed by atoms with Gasteiger partial charge in [-0.2, -0.15) is 0 Å². The van der Waals surface area contributed by atoms with Gasteiger partial charge in [0.05, 0.1) is 11.2 Å². The average molecular weight is 314 g/mol. The number of aliphatic hydroxyl groups is 1. The maximum atomic E-state index is 10.4. The summed E-state index contributed by atoms with van der Waals surface area (Å²) in [5.41, 5.74) is -0.584. The van der Waals surface area contributed by atoms with Gasteiger partial charge in [0.15, 0.2) is 0 Å². The highest BCUT2D eigenvalue weighted by molar-refractivity contribution is 6.61. The van der Waals surface area contributed by atoms with Crippen LogP contribution in [0.15, 0.2) is 18.2 Å². The molecule has 0 atom stereocenters. The van der Waals surface area contributed by atoms with E-state index in [4.69, 9.17) is 16.3 Å². The van der Waals surface area contributed by atoms with Crippen LogP contribution in [0, 0.1) is 0 Å². The molecule has 6 heteroatoms. The molecule has 0 aliphatic rings. The SMILES string of the molecule is CCNCc1c(Cl)cccc1B(O)OC(C)(C)C(C)(C)O. The summed E-state index contributed by atoms with van der Waals surface area (Å²) >= 11 is 6.21. The Kier molecular flexibility index (Phi) is 6.26. The second-order valence-electron chi connectivity index (χ2n) is 6.13. The number of rotatable bonds is 7. The van der Waals surface area contributed by atoms with Crippen LogP contribution in [0.2, 0.25) is 5.02 Å². The van der Waals surface area contributed by atoms with Crippen molar-refractivity contribution in [3.63, 3.8) is 0 Å². The predicted molar refractivity (Wildman–Crippen MR) is 87.9 cm³/mol. The van der Waals surface area contributed by atoms with Crippen molar-refractivity contribution in [2.24, 2.45) is 0 Å². The van der Waals surface area contributed by atoms with Gasteiger partial charge in [0, 0.05) is 11.6 Å². The maximum Gasteiger partial charge on any atom is 0.492 e. The molecule has 4 nitrogen and oxygen atoms in total. The van der Waals surface area contributed by atoms with E-state index >= 15 is 0 Å². The Morgan fingerprint density at radius 3 is 2.43 bits per heavy atom. The number of hydrogen-bond donors (Lipinski definition) is 3. The molecule has 0 aliphatic carbocycles. The molecule has 0 aliphatic heterocycles. The van der Waals surface area contributed by atoms with Gasteiger partial charge >= 0.3 is 7.12 Å². The fourth-order valence-corrected chi connectivity index (χ4v) is 1.98. The smallest absolute Gasteiger partial charge is 0.423 e. The Hall–Kier alpha value is -0.585. The molecule has 1 rings (SSSR count). The summed E-state index contributed by atoms with van der Waals surface area (Å²) < 4.78 is 5.68. The Bertz CT molecular complexity index is 474. The summed E-state index contributed by atoms with van der Waals surface area (Å²) in [6.45, 7) is 10.1. The van der Waals surface area contributed by atoms with Crippen LogP contribution in [0.4, 0.5) is 0 Å². The first-order valence-corrected chi connectivity index (χ1v) is 7.54. The summed E-state index contributed by atoms with van der Waals surface area (Å²) in [7, 11) is -1.15. The highest BCUT2D eigenvalue weighted by Crippen LogP contribution is 2.26. The third-order valence-electron chi connectivity index (χ3n) is 3.85. The van der Waals surface area contributed by atoms with Gasteiger partial charge in [0.1, 0.15) is 0 Å². The van der Waals surface area contributed by atoms with E-state index in [-0.39, 0.29) is 0 Å². The van der Waals surface area contributed by atoms with Gasteiger partial charge in [0.2, 0.25) is 0 Å². The van der Waals surface area contributed by atoms with Crippen LogP contribution in [-0.4, -0.2) is 35.0 Å². The number of benzene rings is 1. The van der Waals surface area contributed by atoms with Crippen LogP contribution < -0.4 is 10.8 Å². The fourth-order valence-electron chi connectivity index (χ4n) is 1.73. The van der Waals surface area contributed by atoms with Gasteiger partial charge in [-0.05, 0) is 51.3 Å². The molecule has 21 heavy (non-hydrogen) atoms. The van der Waals surface area contributed by atoms with Crippen molar-refractivity contribution in [3.05, 3.63) is 28.8 Å². The van der Waals surface area contributed by atoms with E-state index in [1.807, 2.05) is 6.92 Å². The first kappa shape index (κ1) is 18.5. The molecule has 0 fully saturated rings. The van der Waals surface area contributed by atoms with Crippen LogP contribution in [0.25, 0.3) is 0 Å². The lowest BCUT2D eigenvalue weighted by Gasteiger charge is -2.38. The van der Waals surface area contributed by atoms with E-state index in [1.165, 1.54) is 0 Å². The van der Waals surface area contributed by atoms with Crippen molar-refractivity contribution in [2.75, 3.05) is 6.54 Å². The molecular weight excluding hydrogens is 288 g/mol. The summed E-state index contributed by atoms with van der Waals surface area (Å²) in [5, 5.41) is 24.3. The summed E-state index contributed by atoms with van der Waals surface area (Å²) in [5.74, 6) is 0. The van der Waals surface area contributed by atoms with Gasteiger partial charge in [-0.3, -0.25) is 0 Å². The lowest BCUT2D eigenvalue weighted by molar-refractivity contribution is -0.0982. The van der Waals surface area contributed by atoms with Crippen LogP contribution >= 0.6 is 11.6 Å². The third-order valence-corrected chi connectivity index (χ3v) is 4.21. The normalized spacial score (nSPS) is 12.6. The zero-order valence-electron chi connectivity index (χ0n) is 13.4. The molecule has 0 heterocycles. The Balaban J connectivity index is 3.02. The van der Waals surface area contributed by atoms with Gasteiger partial charge in [-0.25, -0.2) is 0 Å². The summed E-state index contributed by atoms with van der Waals surface area (Å²) in [6.07, 6.45) is 0. The fraction of sp³-hybridized carbons (Fsp3) is 0.600. The zero-order valence-corrected chi connectivity index (χ0v) is 14.2.